The first kappa shape index (κ1) is 14.7. The Labute approximate surface area is 120 Å². The molecule has 2 heterocycles. The molecule has 0 aliphatic carbocycles. The highest BCUT2D eigenvalue weighted by molar-refractivity contribution is 5.07. The van der Waals surface area contributed by atoms with Crippen LogP contribution in [-0.2, 0) is 13.0 Å². The first-order chi connectivity index (χ1) is 9.85. The third-order valence-electron chi connectivity index (χ3n) is 3.23. The van der Waals surface area contributed by atoms with E-state index in [2.05, 4.69) is 38.7 Å². The van der Waals surface area contributed by atoms with E-state index in [-0.39, 0.29) is 6.04 Å². The molecule has 5 heteroatoms. The fraction of sp³-hybridized carbons (Fsp3) is 0.533. The van der Waals surface area contributed by atoms with Crippen LogP contribution in [0.25, 0.3) is 0 Å². The first-order valence-electron chi connectivity index (χ1n) is 7.34. The molecule has 1 unspecified atom stereocenters. The predicted molar refractivity (Wildman–Crippen MR) is 79.3 cm³/mol. The van der Waals surface area contributed by atoms with Gasteiger partial charge in [-0.05, 0) is 19.4 Å². The minimum atomic E-state index is 0.168. The van der Waals surface area contributed by atoms with Crippen LogP contribution < -0.4 is 5.32 Å². The van der Waals surface area contributed by atoms with Gasteiger partial charge < -0.3 is 9.88 Å². The Morgan fingerprint density at radius 1 is 1.15 bits per heavy atom. The SMILES string of the molecule is CCCNC(Cc1nccn1CCC)c1cnccn1. The van der Waals surface area contributed by atoms with Gasteiger partial charge in [-0.25, -0.2) is 4.98 Å². The van der Waals surface area contributed by atoms with Gasteiger partial charge in [0.15, 0.2) is 0 Å². The summed E-state index contributed by atoms with van der Waals surface area (Å²) in [4.78, 5) is 13.1. The van der Waals surface area contributed by atoms with Crippen LogP contribution in [0.5, 0.6) is 0 Å². The second-order valence-corrected chi connectivity index (χ2v) is 4.88. The topological polar surface area (TPSA) is 55.6 Å². The zero-order valence-electron chi connectivity index (χ0n) is 12.3. The average Bonchev–Trinajstić information content (AvgIpc) is 2.92. The highest BCUT2D eigenvalue weighted by Crippen LogP contribution is 2.15. The third kappa shape index (κ3) is 3.87. The Balaban J connectivity index is 2.13. The second-order valence-electron chi connectivity index (χ2n) is 4.88. The number of imidazole rings is 1. The van der Waals surface area contributed by atoms with Crippen molar-refractivity contribution in [2.45, 2.75) is 45.7 Å². The molecule has 0 aliphatic rings. The van der Waals surface area contributed by atoms with Crippen LogP contribution in [-0.4, -0.2) is 26.1 Å². The highest BCUT2D eigenvalue weighted by atomic mass is 15.1. The largest absolute Gasteiger partial charge is 0.335 e. The fourth-order valence-corrected chi connectivity index (χ4v) is 2.25. The molecule has 0 saturated heterocycles. The molecular weight excluding hydrogens is 250 g/mol. The fourth-order valence-electron chi connectivity index (χ4n) is 2.25. The summed E-state index contributed by atoms with van der Waals surface area (Å²) in [5.41, 5.74) is 0.979. The van der Waals surface area contributed by atoms with Crippen LogP contribution in [0.1, 0.15) is 44.2 Å². The van der Waals surface area contributed by atoms with Crippen LogP contribution >= 0.6 is 0 Å². The Bertz CT molecular complexity index is 494. The van der Waals surface area contributed by atoms with Crippen LogP contribution in [0.4, 0.5) is 0 Å². The second kappa shape index (κ2) is 7.75. The summed E-state index contributed by atoms with van der Waals surface area (Å²) in [6.45, 7) is 6.32. The molecular formula is C15H23N5. The zero-order chi connectivity index (χ0) is 14.2. The quantitative estimate of drug-likeness (QED) is 0.802. The molecule has 2 aromatic heterocycles. The van der Waals surface area contributed by atoms with Crippen molar-refractivity contribution < 1.29 is 0 Å². The van der Waals surface area contributed by atoms with E-state index >= 15 is 0 Å². The van der Waals surface area contributed by atoms with Crippen molar-refractivity contribution in [1.29, 1.82) is 0 Å². The number of rotatable bonds is 8. The van der Waals surface area contributed by atoms with E-state index in [1.54, 1.807) is 12.4 Å². The monoisotopic (exact) mass is 273 g/mol. The Morgan fingerprint density at radius 3 is 2.75 bits per heavy atom. The Hall–Kier alpha value is -1.75. The lowest BCUT2D eigenvalue weighted by Crippen LogP contribution is -2.26. The normalized spacial score (nSPS) is 12.5. The summed E-state index contributed by atoms with van der Waals surface area (Å²) in [6, 6.07) is 0.168. The zero-order valence-corrected chi connectivity index (χ0v) is 12.3. The molecule has 2 aromatic rings. The number of nitrogens with zero attached hydrogens (tertiary/aromatic N) is 4. The van der Waals surface area contributed by atoms with E-state index in [1.165, 1.54) is 0 Å². The van der Waals surface area contributed by atoms with Crippen molar-refractivity contribution in [2.24, 2.45) is 0 Å². The number of hydrogen-bond donors (Lipinski definition) is 1. The average molecular weight is 273 g/mol. The number of aryl methyl sites for hydroxylation is 1. The van der Waals surface area contributed by atoms with Crippen molar-refractivity contribution in [3.8, 4) is 0 Å². The Kier molecular flexibility index (Phi) is 5.68. The molecule has 0 spiro atoms. The van der Waals surface area contributed by atoms with Gasteiger partial charge in [0, 0.05) is 43.9 Å². The smallest absolute Gasteiger partial charge is 0.110 e. The van der Waals surface area contributed by atoms with E-state index in [1.807, 2.05) is 18.6 Å². The van der Waals surface area contributed by atoms with E-state index < -0.39 is 0 Å². The van der Waals surface area contributed by atoms with Crippen molar-refractivity contribution in [3.63, 3.8) is 0 Å². The van der Waals surface area contributed by atoms with Crippen LogP contribution in [0.15, 0.2) is 31.0 Å². The Morgan fingerprint density at radius 2 is 2.05 bits per heavy atom. The van der Waals surface area contributed by atoms with E-state index in [4.69, 9.17) is 0 Å². The molecule has 0 radical (unpaired) electrons. The van der Waals surface area contributed by atoms with Crippen molar-refractivity contribution >= 4 is 0 Å². The molecule has 1 atom stereocenters. The van der Waals surface area contributed by atoms with Crippen LogP contribution in [0.3, 0.4) is 0 Å². The lowest BCUT2D eigenvalue weighted by molar-refractivity contribution is 0.491. The summed E-state index contributed by atoms with van der Waals surface area (Å²) >= 11 is 0. The van der Waals surface area contributed by atoms with Crippen molar-refractivity contribution in [3.05, 3.63) is 42.5 Å². The van der Waals surface area contributed by atoms with Gasteiger partial charge in [0.1, 0.15) is 5.82 Å². The summed E-state index contributed by atoms with van der Waals surface area (Å²) < 4.78 is 2.22. The minimum absolute atomic E-state index is 0.168. The maximum atomic E-state index is 4.48. The van der Waals surface area contributed by atoms with Gasteiger partial charge in [0.05, 0.1) is 11.7 Å². The minimum Gasteiger partial charge on any atom is -0.335 e. The molecule has 5 nitrogen and oxygen atoms in total. The predicted octanol–water partition coefficient (Wildman–Crippen LogP) is 2.37. The van der Waals surface area contributed by atoms with Crippen LogP contribution in [0, 0.1) is 0 Å². The number of nitrogens with one attached hydrogen (secondary N) is 1. The molecule has 0 amide bonds. The maximum absolute atomic E-state index is 4.48. The van der Waals surface area contributed by atoms with E-state index in [0.29, 0.717) is 0 Å². The van der Waals surface area contributed by atoms with Crippen molar-refractivity contribution in [1.82, 2.24) is 24.8 Å². The summed E-state index contributed by atoms with van der Waals surface area (Å²) in [5, 5.41) is 3.54. The van der Waals surface area contributed by atoms with Gasteiger partial charge in [0.2, 0.25) is 0 Å². The molecule has 1 N–H and O–H groups in total. The first-order valence-corrected chi connectivity index (χ1v) is 7.34. The summed E-state index contributed by atoms with van der Waals surface area (Å²) in [7, 11) is 0. The van der Waals surface area contributed by atoms with Gasteiger partial charge in [-0.1, -0.05) is 13.8 Å². The molecule has 108 valence electrons. The molecule has 0 bridgehead atoms. The maximum Gasteiger partial charge on any atom is 0.110 e. The summed E-state index contributed by atoms with van der Waals surface area (Å²) in [5.74, 6) is 1.10. The lowest BCUT2D eigenvalue weighted by Gasteiger charge is -2.18. The number of aromatic nitrogens is 4. The number of hydrogen-bond acceptors (Lipinski definition) is 4. The molecule has 20 heavy (non-hydrogen) atoms. The van der Waals surface area contributed by atoms with Crippen molar-refractivity contribution in [2.75, 3.05) is 6.54 Å². The van der Waals surface area contributed by atoms with Gasteiger partial charge >= 0.3 is 0 Å². The van der Waals surface area contributed by atoms with E-state index in [0.717, 1.165) is 43.9 Å². The van der Waals surface area contributed by atoms with Gasteiger partial charge in [0.25, 0.3) is 0 Å². The lowest BCUT2D eigenvalue weighted by atomic mass is 10.1. The third-order valence-corrected chi connectivity index (χ3v) is 3.23. The molecule has 0 saturated carbocycles. The van der Waals surface area contributed by atoms with Gasteiger partial charge in [-0.2, -0.15) is 0 Å². The van der Waals surface area contributed by atoms with Gasteiger partial charge in [-0.3, -0.25) is 9.97 Å². The molecule has 2 rings (SSSR count). The molecule has 0 aromatic carbocycles. The molecule has 0 aliphatic heterocycles. The summed E-state index contributed by atoms with van der Waals surface area (Å²) in [6.07, 6.45) is 12.3. The standard InChI is InChI=1S/C15H23N5/c1-3-5-17-13(14-12-16-6-7-18-14)11-15-19-8-10-20(15)9-4-2/h6-8,10,12-13,17H,3-5,9,11H2,1-2H3. The highest BCUT2D eigenvalue weighted by Gasteiger charge is 2.15. The van der Waals surface area contributed by atoms with E-state index in [9.17, 15) is 0 Å². The van der Waals surface area contributed by atoms with Gasteiger partial charge in [-0.15, -0.1) is 0 Å². The molecule has 0 fully saturated rings. The van der Waals surface area contributed by atoms with Crippen LogP contribution in [0.2, 0.25) is 0 Å².